The van der Waals surface area contributed by atoms with E-state index in [0.717, 1.165) is 45.3 Å². The van der Waals surface area contributed by atoms with Gasteiger partial charge in [0.15, 0.2) is 6.61 Å². The van der Waals surface area contributed by atoms with E-state index in [-0.39, 0.29) is 36.5 Å². The Bertz CT molecular complexity index is 703. The van der Waals surface area contributed by atoms with Gasteiger partial charge in [0.1, 0.15) is 5.75 Å². The second kappa shape index (κ2) is 11.5. The zero-order chi connectivity index (χ0) is 22.2. The highest BCUT2D eigenvalue weighted by Crippen LogP contribution is 2.23. The highest BCUT2D eigenvalue weighted by Gasteiger charge is 2.29. The Balaban J connectivity index is 1.43. The molecule has 6 nitrogen and oxygen atoms in total. The van der Waals surface area contributed by atoms with E-state index in [0.29, 0.717) is 11.3 Å². The fourth-order valence-electron chi connectivity index (χ4n) is 4.79. The minimum absolute atomic E-state index is 0.0341. The van der Waals surface area contributed by atoms with Gasteiger partial charge in [0.25, 0.3) is 11.8 Å². The lowest BCUT2D eigenvalue weighted by molar-refractivity contribution is -0.139. The maximum atomic E-state index is 12.6. The van der Waals surface area contributed by atoms with Gasteiger partial charge in [0.2, 0.25) is 0 Å². The molecule has 2 fully saturated rings. The number of nitrogens with one attached hydrogen (secondary N) is 1. The number of carbonyl (C=O) groups is 2. The van der Waals surface area contributed by atoms with Gasteiger partial charge in [-0.05, 0) is 83.2 Å². The van der Waals surface area contributed by atoms with Crippen LogP contribution in [0.5, 0.6) is 5.75 Å². The average Bonchev–Trinajstić information content (AvgIpc) is 2.77. The van der Waals surface area contributed by atoms with Crippen LogP contribution in [0.4, 0.5) is 0 Å². The number of carbonyl (C=O) groups excluding carboxylic acids is 2. The van der Waals surface area contributed by atoms with E-state index >= 15 is 0 Å². The van der Waals surface area contributed by atoms with Crippen molar-refractivity contribution in [3.8, 4) is 5.75 Å². The normalized spacial score (nSPS) is 22.9. The van der Waals surface area contributed by atoms with Crippen molar-refractivity contribution >= 4 is 11.8 Å². The van der Waals surface area contributed by atoms with E-state index in [9.17, 15) is 9.59 Å². The molecule has 2 aliphatic heterocycles. The summed E-state index contributed by atoms with van der Waals surface area (Å²) in [6.07, 6.45) is 7.76. The first-order valence-corrected chi connectivity index (χ1v) is 12.0. The molecule has 2 atom stereocenters. The van der Waals surface area contributed by atoms with E-state index in [1.807, 2.05) is 4.90 Å². The molecular formula is C25H39N3O3. The topological polar surface area (TPSA) is 61.9 Å². The number of benzene rings is 1. The quantitative estimate of drug-likeness (QED) is 0.682. The minimum Gasteiger partial charge on any atom is -0.484 e. The molecule has 2 unspecified atom stereocenters. The predicted octanol–water partition coefficient (Wildman–Crippen LogP) is 3.85. The largest absolute Gasteiger partial charge is 0.484 e. The van der Waals surface area contributed by atoms with Crippen molar-refractivity contribution in [3.05, 3.63) is 29.8 Å². The maximum absolute atomic E-state index is 12.6. The van der Waals surface area contributed by atoms with Crippen LogP contribution >= 0.6 is 0 Å². The monoisotopic (exact) mass is 429 g/mol. The summed E-state index contributed by atoms with van der Waals surface area (Å²) >= 11 is 0. The number of piperidine rings is 2. The molecule has 3 rings (SSSR count). The average molecular weight is 430 g/mol. The molecule has 0 spiro atoms. The predicted molar refractivity (Wildman–Crippen MR) is 123 cm³/mol. The number of nitrogens with zero attached hydrogens (tertiary/aromatic N) is 2. The third kappa shape index (κ3) is 6.70. The number of amides is 2. The fraction of sp³-hybridized carbons (Fsp3) is 0.680. The molecule has 0 radical (unpaired) electrons. The van der Waals surface area contributed by atoms with Gasteiger partial charge in [-0.25, -0.2) is 0 Å². The first kappa shape index (κ1) is 23.6. The minimum atomic E-state index is -0.0365. The molecule has 2 heterocycles. The zero-order valence-corrected chi connectivity index (χ0v) is 19.4. The third-order valence-electron chi connectivity index (χ3n) is 6.71. The molecular weight excluding hydrogens is 390 g/mol. The van der Waals surface area contributed by atoms with Crippen LogP contribution in [-0.4, -0.2) is 66.0 Å². The summed E-state index contributed by atoms with van der Waals surface area (Å²) < 4.78 is 5.72. The third-order valence-corrected chi connectivity index (χ3v) is 6.71. The van der Waals surface area contributed by atoms with Gasteiger partial charge >= 0.3 is 0 Å². The summed E-state index contributed by atoms with van der Waals surface area (Å²) in [5, 5.41) is 3.17. The highest BCUT2D eigenvalue weighted by atomic mass is 16.5. The van der Waals surface area contributed by atoms with Crippen molar-refractivity contribution in [1.82, 2.24) is 15.1 Å². The van der Waals surface area contributed by atoms with E-state index < -0.39 is 0 Å². The van der Waals surface area contributed by atoms with Gasteiger partial charge in [0.05, 0.1) is 0 Å². The highest BCUT2D eigenvalue weighted by molar-refractivity contribution is 5.94. The zero-order valence-electron chi connectivity index (χ0n) is 19.4. The molecule has 0 aliphatic carbocycles. The smallest absolute Gasteiger partial charge is 0.260 e. The van der Waals surface area contributed by atoms with Crippen molar-refractivity contribution in [2.45, 2.75) is 83.8 Å². The van der Waals surface area contributed by atoms with Crippen LogP contribution in [0.2, 0.25) is 0 Å². The van der Waals surface area contributed by atoms with Crippen molar-refractivity contribution in [3.63, 3.8) is 0 Å². The fourth-order valence-corrected chi connectivity index (χ4v) is 4.79. The molecule has 0 saturated carbocycles. The molecule has 0 aromatic heterocycles. The lowest BCUT2D eigenvalue weighted by atomic mass is 9.97. The molecule has 6 heteroatoms. The van der Waals surface area contributed by atoms with Gasteiger partial charge in [-0.2, -0.15) is 0 Å². The van der Waals surface area contributed by atoms with Crippen LogP contribution in [0.25, 0.3) is 0 Å². The Kier molecular flexibility index (Phi) is 8.76. The SMILES string of the molecule is CCCCN1CCC(NC(=O)c2ccc(OCC(=O)N3C(C)CCCC3C)cc2)CC1. The van der Waals surface area contributed by atoms with Crippen molar-refractivity contribution in [2.75, 3.05) is 26.2 Å². The van der Waals surface area contributed by atoms with Crippen LogP contribution < -0.4 is 10.1 Å². The van der Waals surface area contributed by atoms with E-state index in [1.54, 1.807) is 24.3 Å². The Morgan fingerprint density at radius 1 is 1.03 bits per heavy atom. The summed E-state index contributed by atoms with van der Waals surface area (Å²) in [5.41, 5.74) is 0.630. The molecule has 2 amide bonds. The van der Waals surface area contributed by atoms with Crippen molar-refractivity contribution in [2.24, 2.45) is 0 Å². The molecule has 172 valence electrons. The van der Waals surface area contributed by atoms with Gasteiger partial charge in [-0.3, -0.25) is 9.59 Å². The standard InChI is InChI=1S/C25H39N3O3/c1-4-5-15-27-16-13-22(14-17-27)26-25(30)21-9-11-23(12-10-21)31-18-24(29)28-19(2)7-6-8-20(28)3/h9-12,19-20,22H,4-8,13-18H2,1-3H3,(H,26,30). The Labute approximate surface area is 187 Å². The number of unbranched alkanes of at least 4 members (excludes halogenated alkanes) is 1. The lowest BCUT2D eigenvalue weighted by Crippen LogP contribution is -2.49. The Hall–Kier alpha value is -2.08. The first-order chi connectivity index (χ1) is 15.0. The maximum Gasteiger partial charge on any atom is 0.260 e. The summed E-state index contributed by atoms with van der Waals surface area (Å²) in [6, 6.07) is 7.88. The number of likely N-dealkylation sites (tertiary alicyclic amines) is 2. The summed E-state index contributed by atoms with van der Waals surface area (Å²) in [5.74, 6) is 0.615. The Morgan fingerprint density at radius 3 is 2.29 bits per heavy atom. The molecule has 1 aromatic rings. The molecule has 0 bridgehead atoms. The van der Waals surface area contributed by atoms with Crippen LogP contribution in [0.1, 0.15) is 76.1 Å². The van der Waals surface area contributed by atoms with Crippen LogP contribution in [0, 0.1) is 0 Å². The second-order valence-corrected chi connectivity index (χ2v) is 9.19. The van der Waals surface area contributed by atoms with Crippen LogP contribution in [0.15, 0.2) is 24.3 Å². The molecule has 2 saturated heterocycles. The number of hydrogen-bond donors (Lipinski definition) is 1. The number of ether oxygens (including phenoxy) is 1. The number of rotatable bonds is 8. The molecule has 1 N–H and O–H groups in total. The lowest BCUT2D eigenvalue weighted by Gasteiger charge is -2.38. The van der Waals surface area contributed by atoms with E-state index in [4.69, 9.17) is 4.74 Å². The van der Waals surface area contributed by atoms with Gasteiger partial charge in [0, 0.05) is 36.8 Å². The summed E-state index contributed by atoms with van der Waals surface area (Å²) in [4.78, 5) is 29.6. The van der Waals surface area contributed by atoms with Crippen LogP contribution in [0.3, 0.4) is 0 Å². The molecule has 2 aliphatic rings. The summed E-state index contributed by atoms with van der Waals surface area (Å²) in [6.45, 7) is 9.75. The molecule has 31 heavy (non-hydrogen) atoms. The van der Waals surface area contributed by atoms with Crippen molar-refractivity contribution < 1.29 is 14.3 Å². The van der Waals surface area contributed by atoms with E-state index in [1.165, 1.54) is 19.3 Å². The number of hydrogen-bond acceptors (Lipinski definition) is 4. The van der Waals surface area contributed by atoms with Gasteiger partial charge in [-0.15, -0.1) is 0 Å². The Morgan fingerprint density at radius 2 is 1.68 bits per heavy atom. The van der Waals surface area contributed by atoms with Crippen molar-refractivity contribution in [1.29, 1.82) is 0 Å². The first-order valence-electron chi connectivity index (χ1n) is 12.0. The van der Waals surface area contributed by atoms with Gasteiger partial charge in [-0.1, -0.05) is 13.3 Å². The van der Waals surface area contributed by atoms with Crippen LogP contribution in [-0.2, 0) is 4.79 Å². The van der Waals surface area contributed by atoms with Gasteiger partial charge < -0.3 is 19.9 Å². The summed E-state index contributed by atoms with van der Waals surface area (Å²) in [7, 11) is 0. The molecule has 1 aromatic carbocycles. The van der Waals surface area contributed by atoms with E-state index in [2.05, 4.69) is 31.0 Å². The second-order valence-electron chi connectivity index (χ2n) is 9.19.